The summed E-state index contributed by atoms with van der Waals surface area (Å²) in [6.07, 6.45) is 2.22. The number of hydrogen-bond acceptors (Lipinski definition) is 3. The number of nitrogens with one attached hydrogen (secondary N) is 2. The second-order valence-corrected chi connectivity index (χ2v) is 5.23. The van der Waals surface area contributed by atoms with Crippen molar-refractivity contribution in [2.24, 2.45) is 4.99 Å². The van der Waals surface area contributed by atoms with Gasteiger partial charge in [0.1, 0.15) is 18.4 Å². The third-order valence-corrected chi connectivity index (χ3v) is 3.40. The summed E-state index contributed by atoms with van der Waals surface area (Å²) in [6, 6.07) is 10.1. The number of nitrogens with zero attached hydrogens (tertiary/aromatic N) is 1. The lowest BCUT2D eigenvalue weighted by atomic mass is 10.2. The number of ether oxygens (including phenoxy) is 1. The molecule has 0 bridgehead atoms. The molecule has 2 rings (SSSR count). The van der Waals surface area contributed by atoms with Gasteiger partial charge in [-0.25, -0.2) is 9.38 Å². The van der Waals surface area contributed by atoms with E-state index in [1.807, 2.05) is 26.0 Å². The average Bonchev–Trinajstić information content (AvgIpc) is 3.11. The number of benzene rings is 1. The molecule has 0 amide bonds. The predicted octanol–water partition coefficient (Wildman–Crippen LogP) is 3.33. The van der Waals surface area contributed by atoms with Crippen molar-refractivity contribution in [2.45, 2.75) is 32.9 Å². The summed E-state index contributed by atoms with van der Waals surface area (Å²) >= 11 is 0. The number of para-hydroxylation sites is 1. The maximum absolute atomic E-state index is 13.7. The third-order valence-electron chi connectivity index (χ3n) is 3.40. The summed E-state index contributed by atoms with van der Waals surface area (Å²) in [5.74, 6) is 1.38. The first-order valence-corrected chi connectivity index (χ1v) is 8.18. The standard InChI is InChI=1S/C18H24FN3O2/c1-3-14(24-17-10-6-5-9-16(17)19)12-21-18(20-4-2)22-13-15-8-7-11-23-15/h5-11,14H,3-4,12-13H2,1-2H3,(H2,20,21,22). The first-order chi connectivity index (χ1) is 11.7. The molecule has 0 radical (unpaired) electrons. The zero-order valence-corrected chi connectivity index (χ0v) is 14.1. The van der Waals surface area contributed by atoms with E-state index in [1.54, 1.807) is 24.5 Å². The number of aliphatic imine (C=N–C) groups is 1. The van der Waals surface area contributed by atoms with E-state index in [1.165, 1.54) is 6.07 Å². The summed E-state index contributed by atoms with van der Waals surface area (Å²) in [4.78, 5) is 4.46. The lowest BCUT2D eigenvalue weighted by Crippen LogP contribution is -2.42. The van der Waals surface area contributed by atoms with Gasteiger partial charge in [0.15, 0.2) is 17.5 Å². The lowest BCUT2D eigenvalue weighted by molar-refractivity contribution is 0.191. The molecular weight excluding hydrogens is 309 g/mol. The summed E-state index contributed by atoms with van der Waals surface area (Å²) < 4.78 is 24.7. The van der Waals surface area contributed by atoms with Gasteiger partial charge in [-0.15, -0.1) is 0 Å². The fraction of sp³-hybridized carbons (Fsp3) is 0.389. The number of hydrogen-bond donors (Lipinski definition) is 2. The molecule has 1 unspecified atom stereocenters. The van der Waals surface area contributed by atoms with E-state index in [2.05, 4.69) is 15.6 Å². The normalized spacial score (nSPS) is 12.7. The minimum Gasteiger partial charge on any atom is -0.486 e. The molecule has 0 saturated carbocycles. The Kier molecular flexibility index (Phi) is 7.14. The predicted molar refractivity (Wildman–Crippen MR) is 92.6 cm³/mol. The van der Waals surface area contributed by atoms with Crippen LogP contribution in [0.15, 0.2) is 52.1 Å². The molecule has 1 aromatic heterocycles. The maximum atomic E-state index is 13.7. The molecular formula is C18H24FN3O2. The van der Waals surface area contributed by atoms with Crippen LogP contribution in [0.4, 0.5) is 4.39 Å². The van der Waals surface area contributed by atoms with Gasteiger partial charge in [-0.05, 0) is 37.6 Å². The molecule has 2 N–H and O–H groups in total. The van der Waals surface area contributed by atoms with Crippen molar-refractivity contribution in [3.05, 3.63) is 54.2 Å². The van der Waals surface area contributed by atoms with Crippen LogP contribution in [0.2, 0.25) is 0 Å². The SMILES string of the molecule is CCNC(=NCc1ccco1)NCC(CC)Oc1ccccc1F. The third kappa shape index (κ3) is 5.61. The van der Waals surface area contributed by atoms with Gasteiger partial charge in [-0.1, -0.05) is 19.1 Å². The quantitative estimate of drug-likeness (QED) is 0.575. The molecule has 130 valence electrons. The molecule has 0 aliphatic carbocycles. The zero-order chi connectivity index (χ0) is 17.2. The number of rotatable bonds is 8. The fourth-order valence-electron chi connectivity index (χ4n) is 2.10. The molecule has 0 saturated heterocycles. The van der Waals surface area contributed by atoms with Crippen molar-refractivity contribution in [3.63, 3.8) is 0 Å². The van der Waals surface area contributed by atoms with Crippen LogP contribution in [0.3, 0.4) is 0 Å². The fourth-order valence-corrected chi connectivity index (χ4v) is 2.10. The molecule has 1 aromatic carbocycles. The molecule has 24 heavy (non-hydrogen) atoms. The molecule has 0 aliphatic heterocycles. The van der Waals surface area contributed by atoms with Crippen molar-refractivity contribution in [1.29, 1.82) is 0 Å². The second kappa shape index (κ2) is 9.60. The van der Waals surface area contributed by atoms with E-state index in [0.29, 0.717) is 19.0 Å². The maximum Gasteiger partial charge on any atom is 0.191 e. The first-order valence-electron chi connectivity index (χ1n) is 8.18. The number of halogens is 1. The largest absolute Gasteiger partial charge is 0.486 e. The topological polar surface area (TPSA) is 58.8 Å². The van der Waals surface area contributed by atoms with E-state index < -0.39 is 0 Å². The Morgan fingerprint density at radius 2 is 2.04 bits per heavy atom. The molecule has 0 fully saturated rings. The monoisotopic (exact) mass is 333 g/mol. The van der Waals surface area contributed by atoms with E-state index in [-0.39, 0.29) is 17.7 Å². The molecule has 0 aliphatic rings. The van der Waals surface area contributed by atoms with E-state index in [0.717, 1.165) is 18.7 Å². The summed E-state index contributed by atoms with van der Waals surface area (Å²) in [5, 5.41) is 6.39. The highest BCUT2D eigenvalue weighted by Gasteiger charge is 2.12. The van der Waals surface area contributed by atoms with Crippen LogP contribution < -0.4 is 15.4 Å². The van der Waals surface area contributed by atoms with Gasteiger partial charge in [0.25, 0.3) is 0 Å². The van der Waals surface area contributed by atoms with Crippen LogP contribution in [-0.4, -0.2) is 25.2 Å². The Labute approximate surface area is 141 Å². The van der Waals surface area contributed by atoms with Gasteiger partial charge in [0, 0.05) is 6.54 Å². The Bertz CT molecular complexity index is 629. The van der Waals surface area contributed by atoms with Crippen LogP contribution in [0.1, 0.15) is 26.0 Å². The van der Waals surface area contributed by atoms with Crippen molar-refractivity contribution < 1.29 is 13.5 Å². The smallest absolute Gasteiger partial charge is 0.191 e. The van der Waals surface area contributed by atoms with Gasteiger partial charge >= 0.3 is 0 Å². The van der Waals surface area contributed by atoms with E-state index >= 15 is 0 Å². The van der Waals surface area contributed by atoms with E-state index in [9.17, 15) is 4.39 Å². The van der Waals surface area contributed by atoms with Crippen LogP contribution in [0, 0.1) is 5.82 Å². The Morgan fingerprint density at radius 3 is 2.71 bits per heavy atom. The van der Waals surface area contributed by atoms with Gasteiger partial charge in [-0.2, -0.15) is 0 Å². The minimum atomic E-state index is -0.352. The zero-order valence-electron chi connectivity index (χ0n) is 14.1. The molecule has 5 nitrogen and oxygen atoms in total. The number of furan rings is 1. The van der Waals surface area contributed by atoms with Crippen molar-refractivity contribution in [3.8, 4) is 5.75 Å². The van der Waals surface area contributed by atoms with Crippen LogP contribution >= 0.6 is 0 Å². The highest BCUT2D eigenvalue weighted by molar-refractivity contribution is 5.79. The summed E-state index contributed by atoms with van der Waals surface area (Å²) in [5.41, 5.74) is 0. The molecule has 1 atom stereocenters. The Morgan fingerprint density at radius 1 is 1.21 bits per heavy atom. The lowest BCUT2D eigenvalue weighted by Gasteiger charge is -2.20. The highest BCUT2D eigenvalue weighted by Crippen LogP contribution is 2.17. The van der Waals surface area contributed by atoms with Crippen molar-refractivity contribution >= 4 is 5.96 Å². The second-order valence-electron chi connectivity index (χ2n) is 5.23. The summed E-state index contributed by atoms with van der Waals surface area (Å²) in [7, 11) is 0. The Hall–Kier alpha value is -2.50. The van der Waals surface area contributed by atoms with E-state index in [4.69, 9.17) is 9.15 Å². The average molecular weight is 333 g/mol. The molecule has 6 heteroatoms. The van der Waals surface area contributed by atoms with Gasteiger partial charge in [-0.3, -0.25) is 0 Å². The molecule has 2 aromatic rings. The highest BCUT2D eigenvalue weighted by atomic mass is 19.1. The van der Waals surface area contributed by atoms with Gasteiger partial charge in [0.05, 0.1) is 12.8 Å². The first kappa shape index (κ1) is 17.8. The molecule has 1 heterocycles. The van der Waals surface area contributed by atoms with Crippen LogP contribution in [-0.2, 0) is 6.54 Å². The Balaban J connectivity index is 1.91. The van der Waals surface area contributed by atoms with Crippen LogP contribution in [0.5, 0.6) is 5.75 Å². The number of guanidine groups is 1. The van der Waals surface area contributed by atoms with Gasteiger partial charge < -0.3 is 19.8 Å². The molecule has 0 spiro atoms. The van der Waals surface area contributed by atoms with Gasteiger partial charge in [0.2, 0.25) is 0 Å². The summed E-state index contributed by atoms with van der Waals surface area (Å²) in [6.45, 7) is 5.72. The van der Waals surface area contributed by atoms with Crippen molar-refractivity contribution in [1.82, 2.24) is 10.6 Å². The van der Waals surface area contributed by atoms with Crippen molar-refractivity contribution in [2.75, 3.05) is 13.1 Å². The van der Waals surface area contributed by atoms with Crippen LogP contribution in [0.25, 0.3) is 0 Å². The minimum absolute atomic E-state index is 0.158.